The third-order valence-corrected chi connectivity index (χ3v) is 5.08. The molecule has 0 aliphatic carbocycles. The van der Waals surface area contributed by atoms with Crippen LogP contribution in [0.15, 0.2) is 5.11 Å². The van der Waals surface area contributed by atoms with Gasteiger partial charge in [-0.15, -0.1) is 0 Å². The Balaban J connectivity index is 1.79. The number of esters is 1. The van der Waals surface area contributed by atoms with Gasteiger partial charge in [-0.05, 0) is 18.4 Å². The lowest BCUT2D eigenvalue weighted by Crippen LogP contribution is -2.36. The number of rotatable bonds is 6. The molecule has 0 bridgehead atoms. The SMILES string of the molecule is COC(=O)C(CCC[C@@H]1SCC2NC(=O)N[C@@H]21)N=[N+]=[N-]. The number of ether oxygens (including phenoxy) is 1. The minimum Gasteiger partial charge on any atom is -0.469 e. The van der Waals surface area contributed by atoms with Gasteiger partial charge in [0.2, 0.25) is 0 Å². The van der Waals surface area contributed by atoms with Crippen LogP contribution >= 0.6 is 11.8 Å². The van der Waals surface area contributed by atoms with Gasteiger partial charge in [-0.2, -0.15) is 11.8 Å². The molecular weight excluding hydrogens is 282 g/mol. The molecule has 2 fully saturated rings. The lowest BCUT2D eigenvalue weighted by molar-refractivity contribution is -0.142. The molecule has 110 valence electrons. The van der Waals surface area contributed by atoms with Crippen LogP contribution in [0, 0.1) is 0 Å². The molecule has 2 aliphatic heterocycles. The maximum absolute atomic E-state index is 11.4. The summed E-state index contributed by atoms with van der Waals surface area (Å²) in [5.74, 6) is 0.404. The van der Waals surface area contributed by atoms with Crippen molar-refractivity contribution < 1.29 is 14.3 Å². The second kappa shape index (κ2) is 6.71. The lowest BCUT2D eigenvalue weighted by Gasteiger charge is -2.17. The van der Waals surface area contributed by atoms with Crippen molar-refractivity contribution in [3.63, 3.8) is 0 Å². The normalized spacial score (nSPS) is 28.9. The highest BCUT2D eigenvalue weighted by atomic mass is 32.2. The van der Waals surface area contributed by atoms with Crippen molar-refractivity contribution in [1.82, 2.24) is 10.6 Å². The summed E-state index contributed by atoms with van der Waals surface area (Å²) in [5, 5.41) is 9.59. The Morgan fingerprint density at radius 1 is 1.65 bits per heavy atom. The first-order chi connectivity index (χ1) is 9.65. The summed E-state index contributed by atoms with van der Waals surface area (Å²) < 4.78 is 4.59. The second-order valence-corrected chi connectivity index (χ2v) is 6.07. The third kappa shape index (κ3) is 3.29. The smallest absolute Gasteiger partial charge is 0.315 e. The lowest BCUT2D eigenvalue weighted by atomic mass is 10.0. The van der Waals surface area contributed by atoms with Crippen molar-refractivity contribution in [2.24, 2.45) is 5.11 Å². The zero-order chi connectivity index (χ0) is 14.5. The third-order valence-electron chi connectivity index (χ3n) is 3.57. The van der Waals surface area contributed by atoms with Crippen molar-refractivity contribution in [1.29, 1.82) is 0 Å². The van der Waals surface area contributed by atoms with Gasteiger partial charge in [0.15, 0.2) is 0 Å². The number of thioether (sulfide) groups is 1. The summed E-state index contributed by atoms with van der Waals surface area (Å²) in [4.78, 5) is 25.3. The van der Waals surface area contributed by atoms with Crippen LogP contribution in [0.1, 0.15) is 19.3 Å². The van der Waals surface area contributed by atoms with E-state index in [4.69, 9.17) is 5.53 Å². The van der Waals surface area contributed by atoms with E-state index >= 15 is 0 Å². The van der Waals surface area contributed by atoms with E-state index in [-0.39, 0.29) is 18.1 Å². The summed E-state index contributed by atoms with van der Waals surface area (Å²) in [7, 11) is 1.28. The Bertz CT molecular complexity index is 440. The molecule has 0 spiro atoms. The molecule has 20 heavy (non-hydrogen) atoms. The molecule has 2 aliphatic rings. The minimum absolute atomic E-state index is 0.105. The highest BCUT2D eigenvalue weighted by Crippen LogP contribution is 2.33. The summed E-state index contributed by atoms with van der Waals surface area (Å²) >= 11 is 1.82. The summed E-state index contributed by atoms with van der Waals surface area (Å²) in [6.45, 7) is 0. The fourth-order valence-corrected chi connectivity index (χ4v) is 4.12. The van der Waals surface area contributed by atoms with Crippen molar-refractivity contribution in [3.05, 3.63) is 10.4 Å². The van der Waals surface area contributed by atoms with Gasteiger partial charge in [0, 0.05) is 15.9 Å². The predicted octanol–water partition coefficient (Wildman–Crippen LogP) is 1.17. The van der Waals surface area contributed by atoms with Crippen molar-refractivity contribution >= 4 is 23.8 Å². The largest absolute Gasteiger partial charge is 0.469 e. The molecule has 2 N–H and O–H groups in total. The van der Waals surface area contributed by atoms with Crippen LogP contribution in [-0.2, 0) is 9.53 Å². The fourth-order valence-electron chi connectivity index (χ4n) is 2.58. The number of carbonyl (C=O) groups excluding carboxylic acids is 2. The minimum atomic E-state index is -0.761. The highest BCUT2D eigenvalue weighted by molar-refractivity contribution is 8.00. The number of hydrogen-bond donors (Lipinski definition) is 2. The van der Waals surface area contributed by atoms with Gasteiger partial charge >= 0.3 is 12.0 Å². The maximum Gasteiger partial charge on any atom is 0.315 e. The second-order valence-electron chi connectivity index (χ2n) is 4.80. The molecule has 0 radical (unpaired) electrons. The van der Waals surface area contributed by atoms with Gasteiger partial charge in [-0.1, -0.05) is 11.5 Å². The monoisotopic (exact) mass is 299 g/mol. The maximum atomic E-state index is 11.4. The molecular formula is C11H17N5O3S. The molecule has 0 aromatic heterocycles. The van der Waals surface area contributed by atoms with E-state index in [2.05, 4.69) is 25.4 Å². The van der Waals surface area contributed by atoms with Crippen LogP contribution in [0.4, 0.5) is 4.79 Å². The molecule has 9 heteroatoms. The first-order valence-corrected chi connectivity index (χ1v) is 7.51. The molecule has 2 saturated heterocycles. The van der Waals surface area contributed by atoms with Gasteiger partial charge < -0.3 is 15.4 Å². The molecule has 0 aromatic carbocycles. The average Bonchev–Trinajstić information content (AvgIpc) is 2.97. The molecule has 2 rings (SSSR count). The van der Waals surface area contributed by atoms with Crippen LogP contribution < -0.4 is 10.6 Å². The van der Waals surface area contributed by atoms with E-state index in [1.54, 1.807) is 0 Å². The van der Waals surface area contributed by atoms with Gasteiger partial charge in [-0.25, -0.2) is 4.79 Å². The van der Waals surface area contributed by atoms with Crippen LogP contribution in [0.2, 0.25) is 0 Å². The number of urea groups is 1. The molecule has 4 atom stereocenters. The number of nitrogens with zero attached hydrogens (tertiary/aromatic N) is 3. The Morgan fingerprint density at radius 3 is 3.15 bits per heavy atom. The summed E-state index contributed by atoms with van der Waals surface area (Å²) in [6, 6.07) is -0.509. The van der Waals surface area contributed by atoms with Crippen LogP contribution in [0.3, 0.4) is 0 Å². The zero-order valence-corrected chi connectivity index (χ0v) is 11.9. The molecule has 8 nitrogen and oxygen atoms in total. The standard InChI is InChI=1S/C11H17N5O3S/c1-19-10(17)6(15-16-12)3-2-4-8-9-7(5-20-8)13-11(18)14-9/h6-9H,2-5H2,1H3,(H2,13,14,18)/t6?,7?,8-,9-/m0/s1. The van der Waals surface area contributed by atoms with Gasteiger partial charge in [0.05, 0.1) is 19.2 Å². The van der Waals surface area contributed by atoms with E-state index < -0.39 is 12.0 Å². The van der Waals surface area contributed by atoms with E-state index in [9.17, 15) is 9.59 Å². The van der Waals surface area contributed by atoms with Crippen LogP contribution in [-0.4, -0.2) is 48.2 Å². The van der Waals surface area contributed by atoms with Crippen LogP contribution in [0.25, 0.3) is 10.4 Å². The predicted molar refractivity (Wildman–Crippen MR) is 74.3 cm³/mol. The average molecular weight is 299 g/mol. The molecule has 0 aromatic rings. The Labute approximate surface area is 120 Å². The number of hydrogen-bond acceptors (Lipinski definition) is 5. The Kier molecular flexibility index (Phi) is 4.97. The number of fused-ring (bicyclic) bond motifs is 1. The number of amides is 2. The number of carbonyl (C=O) groups is 2. The highest BCUT2D eigenvalue weighted by Gasteiger charge is 2.42. The quantitative estimate of drug-likeness (QED) is 0.252. The molecule has 2 amide bonds. The fraction of sp³-hybridized carbons (Fsp3) is 0.818. The van der Waals surface area contributed by atoms with Gasteiger partial charge in [0.1, 0.15) is 6.04 Å². The van der Waals surface area contributed by atoms with E-state index in [0.29, 0.717) is 11.7 Å². The number of azide groups is 1. The zero-order valence-electron chi connectivity index (χ0n) is 11.1. The Hall–Kier alpha value is -1.60. The molecule has 0 saturated carbocycles. The van der Waals surface area contributed by atoms with Crippen molar-refractivity contribution in [2.45, 2.75) is 42.6 Å². The summed E-state index contributed by atoms with van der Waals surface area (Å²) in [6.07, 6.45) is 2.07. The summed E-state index contributed by atoms with van der Waals surface area (Å²) in [5.41, 5.74) is 8.43. The number of nitrogens with one attached hydrogen (secondary N) is 2. The van der Waals surface area contributed by atoms with Crippen molar-refractivity contribution in [3.8, 4) is 0 Å². The first-order valence-electron chi connectivity index (χ1n) is 6.46. The van der Waals surface area contributed by atoms with Gasteiger partial charge in [0.25, 0.3) is 0 Å². The van der Waals surface area contributed by atoms with E-state index in [0.717, 1.165) is 18.6 Å². The van der Waals surface area contributed by atoms with Gasteiger partial charge in [-0.3, -0.25) is 4.79 Å². The molecule has 2 unspecified atom stereocenters. The van der Waals surface area contributed by atoms with Crippen molar-refractivity contribution in [2.75, 3.05) is 12.9 Å². The van der Waals surface area contributed by atoms with E-state index in [1.165, 1.54) is 7.11 Å². The topological polar surface area (TPSA) is 116 Å². The van der Waals surface area contributed by atoms with E-state index in [1.807, 2.05) is 11.8 Å². The molecule has 2 heterocycles. The first kappa shape index (κ1) is 14.8. The number of methoxy groups -OCH3 is 1. The Morgan fingerprint density at radius 2 is 2.45 bits per heavy atom. The van der Waals surface area contributed by atoms with Crippen LogP contribution in [0.5, 0.6) is 0 Å².